The van der Waals surface area contributed by atoms with Crippen molar-refractivity contribution in [1.82, 2.24) is 9.80 Å². The zero-order valence-corrected chi connectivity index (χ0v) is 29.9. The Bertz CT molecular complexity index is 846. The summed E-state index contributed by atoms with van der Waals surface area (Å²) in [5, 5.41) is 0. The second-order valence-electron chi connectivity index (χ2n) is 13.9. The third-order valence-electron chi connectivity index (χ3n) is 9.38. The first-order valence-corrected chi connectivity index (χ1v) is 19.2. The van der Waals surface area contributed by atoms with Crippen LogP contribution in [0.15, 0.2) is 48.5 Å². The number of rotatable bonds is 29. The summed E-state index contributed by atoms with van der Waals surface area (Å²) in [5.41, 5.74) is 5.54. The molecule has 44 heavy (non-hydrogen) atoms. The molecule has 0 aliphatic rings. The molecular weight excluding hydrogens is 532 g/mol. The molecule has 2 heteroatoms. The van der Waals surface area contributed by atoms with E-state index in [0.29, 0.717) is 0 Å². The lowest BCUT2D eigenvalue weighted by molar-refractivity contribution is 0.316. The van der Waals surface area contributed by atoms with Crippen molar-refractivity contribution in [3.63, 3.8) is 0 Å². The van der Waals surface area contributed by atoms with Crippen LogP contribution in [0.1, 0.15) is 166 Å². The van der Waals surface area contributed by atoms with Gasteiger partial charge in [-0.2, -0.15) is 0 Å². The summed E-state index contributed by atoms with van der Waals surface area (Å²) >= 11 is 0. The molecule has 0 aliphatic carbocycles. The van der Waals surface area contributed by atoms with Crippen LogP contribution in [0.2, 0.25) is 0 Å². The Morgan fingerprint density at radius 3 is 1.00 bits per heavy atom. The van der Waals surface area contributed by atoms with E-state index < -0.39 is 0 Å². The molecule has 0 saturated heterocycles. The molecule has 0 amide bonds. The van der Waals surface area contributed by atoms with E-state index in [1.165, 1.54) is 177 Å². The molecule has 0 atom stereocenters. The van der Waals surface area contributed by atoms with Gasteiger partial charge < -0.3 is 9.80 Å². The van der Waals surface area contributed by atoms with E-state index >= 15 is 0 Å². The minimum atomic E-state index is 1.03. The van der Waals surface area contributed by atoms with Crippen molar-refractivity contribution in [2.75, 3.05) is 27.2 Å². The molecule has 0 aliphatic heterocycles. The van der Waals surface area contributed by atoms with Crippen molar-refractivity contribution >= 4 is 0 Å². The molecule has 0 aromatic heterocycles. The molecule has 0 saturated carbocycles. The molecule has 0 unspecified atom stereocenters. The number of hydrogen-bond acceptors (Lipinski definition) is 2. The van der Waals surface area contributed by atoms with Crippen LogP contribution in [-0.2, 0) is 13.1 Å². The molecule has 2 aromatic rings. The van der Waals surface area contributed by atoms with Gasteiger partial charge in [0.1, 0.15) is 0 Å². The minimum absolute atomic E-state index is 1.03. The average molecular weight is 605 g/mol. The lowest BCUT2D eigenvalue weighted by Crippen LogP contribution is -2.19. The van der Waals surface area contributed by atoms with Crippen LogP contribution < -0.4 is 0 Å². The van der Waals surface area contributed by atoms with Crippen LogP contribution in [0.4, 0.5) is 0 Å². The zero-order chi connectivity index (χ0) is 31.5. The third-order valence-corrected chi connectivity index (χ3v) is 9.38. The summed E-state index contributed by atoms with van der Waals surface area (Å²) in [5.74, 6) is 0. The van der Waals surface area contributed by atoms with Crippen molar-refractivity contribution < 1.29 is 0 Å². The van der Waals surface area contributed by atoms with Gasteiger partial charge in [-0.05, 0) is 74.4 Å². The Labute approximate surface area is 275 Å². The highest BCUT2D eigenvalue weighted by Gasteiger charge is 2.06. The summed E-state index contributed by atoms with van der Waals surface area (Å²) in [6.07, 6.45) is 31.0. The van der Waals surface area contributed by atoms with Crippen LogP contribution in [0.25, 0.3) is 11.1 Å². The van der Waals surface area contributed by atoms with E-state index in [0.717, 1.165) is 13.1 Å². The van der Waals surface area contributed by atoms with Crippen molar-refractivity contribution in [3.05, 3.63) is 59.7 Å². The largest absolute Gasteiger partial charge is 0.302 e. The summed E-state index contributed by atoms with van der Waals surface area (Å²) in [4.78, 5) is 5.01. The maximum atomic E-state index is 2.51. The first-order chi connectivity index (χ1) is 21.6. The molecule has 0 N–H and O–H groups in total. The van der Waals surface area contributed by atoms with Crippen molar-refractivity contribution in [2.24, 2.45) is 0 Å². The number of nitrogens with zero attached hydrogens (tertiary/aromatic N) is 2. The molecule has 2 aromatic carbocycles. The standard InChI is InChI=1S/C42H72N2/c1-5-7-9-11-13-15-17-19-21-23-25-33-43(3)37-39-29-27-31-41(35-39)42-32-28-30-40(36-42)38-44(4)34-26-24-22-20-18-16-14-12-10-8-6-2/h27-32,35-36H,5-26,33-34,37-38H2,1-4H3. The fourth-order valence-electron chi connectivity index (χ4n) is 6.57. The number of unbranched alkanes of at least 4 members (excludes halogenated alkanes) is 20. The summed E-state index contributed by atoms with van der Waals surface area (Å²) in [6.45, 7) is 9.06. The molecule has 0 heterocycles. The Kier molecular flexibility index (Phi) is 23.3. The number of benzene rings is 2. The van der Waals surface area contributed by atoms with Gasteiger partial charge in [0.05, 0.1) is 0 Å². The summed E-state index contributed by atoms with van der Waals surface area (Å²) < 4.78 is 0. The van der Waals surface area contributed by atoms with Crippen molar-refractivity contribution in [3.8, 4) is 11.1 Å². The van der Waals surface area contributed by atoms with Gasteiger partial charge in [-0.3, -0.25) is 0 Å². The van der Waals surface area contributed by atoms with Gasteiger partial charge in [-0.25, -0.2) is 0 Å². The quantitative estimate of drug-likeness (QED) is 0.0852. The molecule has 0 fully saturated rings. The van der Waals surface area contributed by atoms with Gasteiger partial charge in [-0.1, -0.05) is 179 Å². The number of hydrogen-bond donors (Lipinski definition) is 0. The fourth-order valence-corrected chi connectivity index (χ4v) is 6.57. The zero-order valence-electron chi connectivity index (χ0n) is 29.9. The third kappa shape index (κ3) is 19.7. The SMILES string of the molecule is CCCCCCCCCCCCCN(C)Cc1cccc(-c2cccc(CN(C)CCCCCCCCCCCCC)c2)c1. The lowest BCUT2D eigenvalue weighted by Gasteiger charge is -2.18. The van der Waals surface area contributed by atoms with Crippen molar-refractivity contribution in [1.29, 1.82) is 0 Å². The van der Waals surface area contributed by atoms with Gasteiger partial charge in [0, 0.05) is 13.1 Å². The Hall–Kier alpha value is -1.64. The van der Waals surface area contributed by atoms with E-state index in [-0.39, 0.29) is 0 Å². The Morgan fingerprint density at radius 1 is 0.386 bits per heavy atom. The fraction of sp³-hybridized carbons (Fsp3) is 0.714. The lowest BCUT2D eigenvalue weighted by atomic mass is 10.0. The monoisotopic (exact) mass is 605 g/mol. The highest BCUT2D eigenvalue weighted by atomic mass is 15.1. The average Bonchev–Trinajstić information content (AvgIpc) is 3.02. The first kappa shape index (κ1) is 38.5. The minimum Gasteiger partial charge on any atom is -0.302 e. The van der Waals surface area contributed by atoms with Crippen LogP contribution in [0, 0.1) is 0 Å². The highest BCUT2D eigenvalue weighted by molar-refractivity contribution is 5.65. The van der Waals surface area contributed by atoms with E-state index in [4.69, 9.17) is 0 Å². The molecule has 250 valence electrons. The van der Waals surface area contributed by atoms with E-state index in [1.54, 1.807) is 0 Å². The van der Waals surface area contributed by atoms with Crippen LogP contribution in [0.5, 0.6) is 0 Å². The molecule has 0 spiro atoms. The van der Waals surface area contributed by atoms with Crippen molar-refractivity contribution in [2.45, 2.75) is 168 Å². The van der Waals surface area contributed by atoms with E-state index in [1.807, 2.05) is 0 Å². The van der Waals surface area contributed by atoms with Gasteiger partial charge in [0.2, 0.25) is 0 Å². The predicted octanol–water partition coefficient (Wildman–Crippen LogP) is 12.8. The maximum absolute atomic E-state index is 2.51. The van der Waals surface area contributed by atoms with Crippen LogP contribution in [0.3, 0.4) is 0 Å². The normalized spacial score (nSPS) is 11.7. The highest BCUT2D eigenvalue weighted by Crippen LogP contribution is 2.23. The predicted molar refractivity (Wildman–Crippen MR) is 197 cm³/mol. The van der Waals surface area contributed by atoms with Crippen LogP contribution in [-0.4, -0.2) is 37.0 Å². The Morgan fingerprint density at radius 2 is 0.682 bits per heavy atom. The topological polar surface area (TPSA) is 6.48 Å². The maximum Gasteiger partial charge on any atom is 0.0230 e. The second kappa shape index (κ2) is 26.6. The van der Waals surface area contributed by atoms with E-state index in [9.17, 15) is 0 Å². The molecular formula is C42H72N2. The van der Waals surface area contributed by atoms with Gasteiger partial charge in [-0.15, -0.1) is 0 Å². The Balaban J connectivity index is 1.61. The smallest absolute Gasteiger partial charge is 0.0230 e. The molecule has 2 nitrogen and oxygen atoms in total. The second-order valence-corrected chi connectivity index (χ2v) is 13.9. The summed E-state index contributed by atoms with van der Waals surface area (Å²) in [7, 11) is 4.57. The first-order valence-electron chi connectivity index (χ1n) is 19.2. The van der Waals surface area contributed by atoms with Gasteiger partial charge >= 0.3 is 0 Å². The molecule has 0 bridgehead atoms. The molecule has 0 radical (unpaired) electrons. The van der Waals surface area contributed by atoms with Gasteiger partial charge in [0.15, 0.2) is 0 Å². The van der Waals surface area contributed by atoms with Crippen LogP contribution >= 0.6 is 0 Å². The summed E-state index contributed by atoms with van der Waals surface area (Å²) in [6, 6.07) is 18.5. The van der Waals surface area contributed by atoms with Gasteiger partial charge in [0.25, 0.3) is 0 Å². The van der Waals surface area contributed by atoms with E-state index in [2.05, 4.69) is 86.3 Å². The molecule has 2 rings (SSSR count).